The summed E-state index contributed by atoms with van der Waals surface area (Å²) >= 11 is 7.84. The van der Waals surface area contributed by atoms with Gasteiger partial charge in [-0.1, -0.05) is 11.6 Å². The van der Waals surface area contributed by atoms with Crippen LogP contribution in [0.2, 0.25) is 5.02 Å². The first-order valence-corrected chi connectivity index (χ1v) is 15.5. The van der Waals surface area contributed by atoms with Gasteiger partial charge in [-0.3, -0.25) is 19.0 Å². The lowest BCUT2D eigenvalue weighted by Gasteiger charge is -2.35. The molecule has 5 aromatic rings. The third-order valence-corrected chi connectivity index (χ3v) is 9.85. The van der Waals surface area contributed by atoms with Gasteiger partial charge in [0.05, 0.1) is 21.8 Å². The van der Waals surface area contributed by atoms with Gasteiger partial charge in [-0.05, 0) is 63.2 Å². The van der Waals surface area contributed by atoms with Gasteiger partial charge in [0.1, 0.15) is 22.0 Å². The molecule has 6 heterocycles. The van der Waals surface area contributed by atoms with E-state index < -0.39 is 0 Å². The van der Waals surface area contributed by atoms with E-state index in [9.17, 15) is 9.59 Å². The number of nitrogens with one attached hydrogen (secondary N) is 1. The Morgan fingerprint density at radius 3 is 2.62 bits per heavy atom. The average molecular weight is 603 g/mol. The van der Waals surface area contributed by atoms with Crippen LogP contribution in [0.1, 0.15) is 29.6 Å². The number of hydrogen-bond acceptors (Lipinski definition) is 9. The lowest BCUT2D eigenvalue weighted by molar-refractivity contribution is 0.0951. The largest absolute Gasteiger partial charge is 0.353 e. The fraction of sp³-hybridized carbons (Fsp3) is 0.367. The maximum atomic E-state index is 13.9. The summed E-state index contributed by atoms with van der Waals surface area (Å²) in [5.41, 5.74) is 1.21. The van der Waals surface area contributed by atoms with Gasteiger partial charge in [0, 0.05) is 56.2 Å². The van der Waals surface area contributed by atoms with Crippen molar-refractivity contribution in [3.05, 3.63) is 69.7 Å². The van der Waals surface area contributed by atoms with Crippen molar-refractivity contribution in [3.8, 4) is 0 Å². The summed E-state index contributed by atoms with van der Waals surface area (Å²) in [5.74, 6) is 1.30. The molecule has 1 aromatic carbocycles. The quantitative estimate of drug-likeness (QED) is 0.311. The number of rotatable bonds is 6. The molecule has 12 heteroatoms. The Balaban J connectivity index is 1.25. The zero-order valence-corrected chi connectivity index (χ0v) is 24.9. The Kier molecular flexibility index (Phi) is 7.17. The molecule has 1 atom stereocenters. The predicted molar refractivity (Wildman–Crippen MR) is 168 cm³/mol. The van der Waals surface area contributed by atoms with E-state index in [0.29, 0.717) is 33.5 Å². The molecule has 2 fully saturated rings. The minimum absolute atomic E-state index is 0.159. The van der Waals surface area contributed by atoms with Gasteiger partial charge in [-0.15, -0.1) is 11.3 Å². The van der Waals surface area contributed by atoms with Crippen LogP contribution >= 0.6 is 22.9 Å². The standard InChI is InChI=1S/C30H31ClN8O2S/c1-36-12-2-3-20(36)8-9-34-29(41)26-27(40)21-5-7-24(37-13-15-38(16-14-37)25-18-32-10-11-33-25)35-28(21)39-22-17-19(31)4-6-23(22)42-30(26)39/h4-7,10-11,17-18,20H,2-3,8-9,12-16H2,1H3,(H,34,41). The minimum Gasteiger partial charge on any atom is -0.353 e. The maximum absolute atomic E-state index is 13.9. The summed E-state index contributed by atoms with van der Waals surface area (Å²) in [6, 6.07) is 9.77. The van der Waals surface area contributed by atoms with Gasteiger partial charge in [0.15, 0.2) is 5.65 Å². The SMILES string of the molecule is CN1CCCC1CCNC(=O)c1c(=O)c2ccc(N3CCN(c4cnccn4)CC3)nc2n2c1sc1ccc(Cl)cc12. The van der Waals surface area contributed by atoms with Crippen molar-refractivity contribution in [2.45, 2.75) is 25.3 Å². The van der Waals surface area contributed by atoms with Gasteiger partial charge < -0.3 is 20.0 Å². The molecule has 42 heavy (non-hydrogen) atoms. The van der Waals surface area contributed by atoms with E-state index in [4.69, 9.17) is 16.6 Å². The number of amides is 1. The number of nitrogens with zero attached hydrogens (tertiary/aromatic N) is 7. The van der Waals surface area contributed by atoms with E-state index in [2.05, 4.69) is 37.0 Å². The molecule has 0 saturated carbocycles. The summed E-state index contributed by atoms with van der Waals surface area (Å²) in [6.45, 7) is 4.66. The Bertz CT molecular complexity index is 1850. The first kappa shape index (κ1) is 27.1. The van der Waals surface area contributed by atoms with Gasteiger partial charge in [-0.2, -0.15) is 0 Å². The first-order valence-electron chi connectivity index (χ1n) is 14.3. The molecule has 7 rings (SSSR count). The molecule has 216 valence electrons. The fourth-order valence-corrected chi connectivity index (χ4v) is 7.51. The van der Waals surface area contributed by atoms with Gasteiger partial charge in [-0.25, -0.2) is 9.97 Å². The molecule has 10 nitrogen and oxygen atoms in total. The zero-order chi connectivity index (χ0) is 28.8. The van der Waals surface area contributed by atoms with Crippen molar-refractivity contribution in [3.63, 3.8) is 0 Å². The number of aromatic nitrogens is 4. The van der Waals surface area contributed by atoms with E-state index >= 15 is 0 Å². The molecule has 2 aliphatic heterocycles. The van der Waals surface area contributed by atoms with Gasteiger partial charge >= 0.3 is 0 Å². The molecule has 2 aliphatic rings. The van der Waals surface area contributed by atoms with Crippen LogP contribution in [-0.4, -0.2) is 82.5 Å². The van der Waals surface area contributed by atoms with Gasteiger partial charge in [0.25, 0.3) is 5.91 Å². The predicted octanol–water partition coefficient (Wildman–Crippen LogP) is 4.05. The second-order valence-corrected chi connectivity index (χ2v) is 12.4. The van der Waals surface area contributed by atoms with Crippen molar-refractivity contribution in [1.82, 2.24) is 29.6 Å². The summed E-state index contributed by atoms with van der Waals surface area (Å²) < 4.78 is 2.86. The molecule has 4 aromatic heterocycles. The highest BCUT2D eigenvalue weighted by Gasteiger charge is 2.26. The minimum atomic E-state index is -0.345. The number of halogens is 1. The third kappa shape index (κ3) is 4.85. The Morgan fingerprint density at radius 2 is 1.88 bits per heavy atom. The van der Waals surface area contributed by atoms with E-state index in [1.165, 1.54) is 17.8 Å². The molecular formula is C30H31ClN8O2S. The average Bonchev–Trinajstić information content (AvgIpc) is 3.60. The molecule has 0 bridgehead atoms. The van der Waals surface area contributed by atoms with Crippen LogP contribution in [0.3, 0.4) is 0 Å². The smallest absolute Gasteiger partial charge is 0.258 e. The second-order valence-electron chi connectivity index (χ2n) is 11.0. The van der Waals surface area contributed by atoms with E-state index in [-0.39, 0.29) is 16.9 Å². The normalized spacial score (nSPS) is 18.0. The van der Waals surface area contributed by atoms with Crippen LogP contribution in [0.5, 0.6) is 0 Å². The molecule has 1 amide bonds. The van der Waals surface area contributed by atoms with Crippen molar-refractivity contribution in [1.29, 1.82) is 0 Å². The third-order valence-electron chi connectivity index (χ3n) is 8.47. The zero-order valence-electron chi connectivity index (χ0n) is 23.3. The fourth-order valence-electron chi connectivity index (χ4n) is 6.18. The van der Waals surface area contributed by atoms with Crippen molar-refractivity contribution < 1.29 is 4.79 Å². The highest BCUT2D eigenvalue weighted by molar-refractivity contribution is 7.24. The number of likely N-dealkylation sites (tertiary alicyclic amines) is 1. The topological polar surface area (TPSA) is 99.0 Å². The molecule has 1 N–H and O–H groups in total. The summed E-state index contributed by atoms with van der Waals surface area (Å²) in [7, 11) is 2.13. The summed E-state index contributed by atoms with van der Waals surface area (Å²) in [6.07, 6.45) is 8.33. The van der Waals surface area contributed by atoms with E-state index in [0.717, 1.165) is 67.4 Å². The molecular weight excluding hydrogens is 572 g/mol. The van der Waals surface area contributed by atoms with E-state index in [1.807, 2.05) is 28.7 Å². The van der Waals surface area contributed by atoms with E-state index in [1.54, 1.807) is 24.7 Å². The highest BCUT2D eigenvalue weighted by atomic mass is 35.5. The van der Waals surface area contributed by atoms with Crippen LogP contribution in [0.15, 0.2) is 53.7 Å². The molecule has 0 aliphatic carbocycles. The first-order chi connectivity index (χ1) is 20.5. The number of hydrogen-bond donors (Lipinski definition) is 1. The number of carbonyl (C=O) groups excluding carboxylic acids is 1. The van der Waals surface area contributed by atoms with Crippen molar-refractivity contribution in [2.75, 3.05) is 56.1 Å². The second kappa shape index (κ2) is 11.1. The van der Waals surface area contributed by atoms with Gasteiger partial charge in [0.2, 0.25) is 5.43 Å². The Labute approximate surface area is 251 Å². The number of benzene rings is 1. The van der Waals surface area contributed by atoms with Crippen LogP contribution < -0.4 is 20.5 Å². The summed E-state index contributed by atoms with van der Waals surface area (Å²) in [5, 5.41) is 4.03. The summed E-state index contributed by atoms with van der Waals surface area (Å²) in [4.78, 5) is 48.5. The van der Waals surface area contributed by atoms with Crippen LogP contribution in [0.25, 0.3) is 26.1 Å². The van der Waals surface area contributed by atoms with Crippen LogP contribution in [-0.2, 0) is 0 Å². The lowest BCUT2D eigenvalue weighted by atomic mass is 10.1. The maximum Gasteiger partial charge on any atom is 0.258 e. The molecule has 0 radical (unpaired) electrons. The molecule has 0 spiro atoms. The van der Waals surface area contributed by atoms with Crippen LogP contribution in [0.4, 0.5) is 11.6 Å². The van der Waals surface area contributed by atoms with Crippen molar-refractivity contribution >= 4 is 66.6 Å². The number of pyridine rings is 2. The monoisotopic (exact) mass is 602 g/mol. The lowest BCUT2D eigenvalue weighted by Crippen LogP contribution is -2.47. The van der Waals surface area contributed by atoms with Crippen molar-refractivity contribution in [2.24, 2.45) is 0 Å². The Morgan fingerprint density at radius 1 is 1.07 bits per heavy atom. The van der Waals surface area contributed by atoms with Crippen LogP contribution in [0, 0.1) is 0 Å². The Hall–Kier alpha value is -3.80. The number of anilines is 2. The highest BCUT2D eigenvalue weighted by Crippen LogP contribution is 2.33. The number of thiazole rings is 1. The number of fused-ring (bicyclic) bond motifs is 5. The molecule has 2 saturated heterocycles. The number of carbonyl (C=O) groups is 1. The molecule has 1 unspecified atom stereocenters. The number of piperazine rings is 1.